The number of nitrogens with one attached hydrogen (secondary N) is 2. The van der Waals surface area contributed by atoms with Gasteiger partial charge in [-0.25, -0.2) is 0 Å². The van der Waals surface area contributed by atoms with Crippen LogP contribution in [-0.4, -0.2) is 30.4 Å². The van der Waals surface area contributed by atoms with Crippen molar-refractivity contribution in [2.75, 3.05) is 11.9 Å². The molecule has 0 bridgehead atoms. The second-order valence-corrected chi connectivity index (χ2v) is 6.64. The third-order valence-electron chi connectivity index (χ3n) is 3.54. The van der Waals surface area contributed by atoms with Crippen molar-refractivity contribution in [3.63, 3.8) is 0 Å². The lowest BCUT2D eigenvalue weighted by atomic mass is 10.1. The number of amides is 2. The van der Waals surface area contributed by atoms with Crippen molar-refractivity contribution in [3.8, 4) is 0 Å². The Balaban J connectivity index is 1.83. The largest absolute Gasteiger partial charge is 0.451 e. The number of benzene rings is 2. The van der Waals surface area contributed by atoms with Crippen LogP contribution < -0.4 is 10.6 Å². The molecular weight excluding hydrogens is 391 g/mol. The van der Waals surface area contributed by atoms with Crippen molar-refractivity contribution < 1.29 is 19.1 Å². The molecule has 27 heavy (non-hydrogen) atoms. The molecule has 0 aliphatic rings. The molecule has 0 fully saturated rings. The third kappa shape index (κ3) is 6.27. The predicted octanol–water partition coefficient (Wildman–Crippen LogP) is 3.60. The van der Waals surface area contributed by atoms with Gasteiger partial charge in [0.25, 0.3) is 11.8 Å². The Morgan fingerprint density at radius 2 is 1.85 bits per heavy atom. The zero-order valence-electron chi connectivity index (χ0n) is 14.7. The van der Waals surface area contributed by atoms with Gasteiger partial charge in [-0.2, -0.15) is 0 Å². The molecule has 2 amide bonds. The number of halogens is 2. The summed E-state index contributed by atoms with van der Waals surface area (Å²) in [7, 11) is 0. The Bertz CT molecular complexity index is 871. The maximum Gasteiger partial charge on any atom is 0.326 e. The van der Waals surface area contributed by atoms with Crippen LogP contribution in [0.3, 0.4) is 0 Å². The summed E-state index contributed by atoms with van der Waals surface area (Å²) in [5.41, 5.74) is 1.71. The first-order chi connectivity index (χ1) is 12.8. The molecule has 0 heterocycles. The summed E-state index contributed by atoms with van der Waals surface area (Å²) in [6.45, 7) is 2.92. The molecule has 0 aliphatic heterocycles. The van der Waals surface area contributed by atoms with E-state index >= 15 is 0 Å². The molecule has 2 aromatic carbocycles. The molecule has 0 saturated carbocycles. The van der Waals surface area contributed by atoms with Crippen molar-refractivity contribution in [1.29, 1.82) is 0 Å². The highest BCUT2D eigenvalue weighted by molar-refractivity contribution is 6.36. The lowest BCUT2D eigenvalue weighted by Gasteiger charge is -2.14. The fraction of sp³-hybridized carbons (Fsp3) is 0.211. The number of aryl methyl sites for hydroxylation is 1. The molecular formula is C19H18Cl2N2O4. The third-order valence-corrected chi connectivity index (χ3v) is 4.09. The van der Waals surface area contributed by atoms with E-state index in [0.717, 1.165) is 5.56 Å². The predicted molar refractivity (Wildman–Crippen MR) is 104 cm³/mol. The molecule has 0 radical (unpaired) electrons. The fourth-order valence-electron chi connectivity index (χ4n) is 2.16. The minimum Gasteiger partial charge on any atom is -0.451 e. The first kappa shape index (κ1) is 20.7. The standard InChI is InChI=1S/C19H18Cl2N2O4/c1-11-4-3-5-13(8-11)19(26)22-10-17(24)27-12(2)18(25)23-16-7-6-14(20)9-15(16)21/h3-9,12H,10H2,1-2H3,(H,22,26)(H,23,25)/t12-/m1/s1. The molecule has 2 N–H and O–H groups in total. The van der Waals surface area contributed by atoms with E-state index < -0.39 is 23.9 Å². The van der Waals surface area contributed by atoms with Crippen molar-refractivity contribution in [2.24, 2.45) is 0 Å². The number of hydrogen-bond acceptors (Lipinski definition) is 4. The van der Waals surface area contributed by atoms with E-state index in [1.165, 1.54) is 13.0 Å². The van der Waals surface area contributed by atoms with Crippen LogP contribution in [0.1, 0.15) is 22.8 Å². The van der Waals surface area contributed by atoms with E-state index in [4.69, 9.17) is 27.9 Å². The first-order valence-electron chi connectivity index (χ1n) is 8.06. The normalized spacial score (nSPS) is 11.4. The van der Waals surface area contributed by atoms with Crippen LogP contribution in [0.25, 0.3) is 0 Å². The van der Waals surface area contributed by atoms with Crippen LogP contribution in [-0.2, 0) is 14.3 Å². The van der Waals surface area contributed by atoms with Gasteiger partial charge in [0, 0.05) is 10.6 Å². The summed E-state index contributed by atoms with van der Waals surface area (Å²) >= 11 is 11.8. The van der Waals surface area contributed by atoms with Crippen LogP contribution in [0.4, 0.5) is 5.69 Å². The lowest BCUT2D eigenvalue weighted by Crippen LogP contribution is -2.35. The Kier molecular flexibility index (Phi) is 7.21. The molecule has 0 unspecified atom stereocenters. The van der Waals surface area contributed by atoms with Gasteiger partial charge >= 0.3 is 5.97 Å². The van der Waals surface area contributed by atoms with Gasteiger partial charge in [-0.1, -0.05) is 40.9 Å². The van der Waals surface area contributed by atoms with Gasteiger partial charge in [0.2, 0.25) is 0 Å². The summed E-state index contributed by atoms with van der Waals surface area (Å²) in [4.78, 5) is 36.0. The minimum atomic E-state index is -1.07. The zero-order chi connectivity index (χ0) is 20.0. The first-order valence-corrected chi connectivity index (χ1v) is 8.82. The number of rotatable bonds is 6. The van der Waals surface area contributed by atoms with E-state index in [9.17, 15) is 14.4 Å². The minimum absolute atomic E-state index is 0.264. The van der Waals surface area contributed by atoms with Gasteiger partial charge in [-0.15, -0.1) is 0 Å². The smallest absolute Gasteiger partial charge is 0.326 e. The molecule has 2 aromatic rings. The van der Waals surface area contributed by atoms with Crippen molar-refractivity contribution >= 4 is 46.7 Å². The van der Waals surface area contributed by atoms with Crippen LogP contribution in [0.2, 0.25) is 10.0 Å². The number of carbonyl (C=O) groups is 3. The highest BCUT2D eigenvalue weighted by Crippen LogP contribution is 2.25. The number of hydrogen-bond donors (Lipinski definition) is 2. The monoisotopic (exact) mass is 408 g/mol. The number of carbonyl (C=O) groups excluding carboxylic acids is 3. The maximum absolute atomic E-state index is 12.1. The molecule has 0 spiro atoms. The Morgan fingerprint density at radius 1 is 1.11 bits per heavy atom. The van der Waals surface area contributed by atoms with Gasteiger partial charge in [0.1, 0.15) is 6.54 Å². The molecule has 6 nitrogen and oxygen atoms in total. The molecule has 8 heteroatoms. The average molecular weight is 409 g/mol. The molecule has 0 aliphatic carbocycles. The Hall–Kier alpha value is -2.57. The van der Waals surface area contributed by atoms with E-state index in [-0.39, 0.29) is 11.6 Å². The highest BCUT2D eigenvalue weighted by atomic mass is 35.5. The van der Waals surface area contributed by atoms with Gasteiger partial charge in [0.05, 0.1) is 10.7 Å². The SMILES string of the molecule is Cc1cccc(C(=O)NCC(=O)O[C@H](C)C(=O)Nc2ccc(Cl)cc2Cl)c1. The van der Waals surface area contributed by atoms with Gasteiger partial charge in [-0.05, 0) is 44.2 Å². The van der Waals surface area contributed by atoms with E-state index in [1.807, 2.05) is 13.0 Å². The number of esters is 1. The Morgan fingerprint density at radius 3 is 2.52 bits per heavy atom. The summed E-state index contributed by atoms with van der Waals surface area (Å²) in [5.74, 6) is -1.70. The van der Waals surface area contributed by atoms with Crippen LogP contribution in [0.15, 0.2) is 42.5 Å². The van der Waals surface area contributed by atoms with Crippen LogP contribution in [0, 0.1) is 6.92 Å². The van der Waals surface area contributed by atoms with Crippen molar-refractivity contribution in [1.82, 2.24) is 5.32 Å². The summed E-state index contributed by atoms with van der Waals surface area (Å²) in [6.07, 6.45) is -1.07. The van der Waals surface area contributed by atoms with Crippen LogP contribution in [0.5, 0.6) is 0 Å². The molecule has 142 valence electrons. The average Bonchev–Trinajstić information content (AvgIpc) is 2.61. The van der Waals surface area contributed by atoms with E-state index in [2.05, 4.69) is 10.6 Å². The van der Waals surface area contributed by atoms with Gasteiger partial charge in [0.15, 0.2) is 6.10 Å². The summed E-state index contributed by atoms with van der Waals surface area (Å²) in [5, 5.41) is 5.70. The quantitative estimate of drug-likeness (QED) is 0.714. The van der Waals surface area contributed by atoms with Crippen molar-refractivity contribution in [2.45, 2.75) is 20.0 Å². The maximum atomic E-state index is 12.1. The fourth-order valence-corrected chi connectivity index (χ4v) is 2.61. The van der Waals surface area contributed by atoms with E-state index in [0.29, 0.717) is 16.3 Å². The van der Waals surface area contributed by atoms with E-state index in [1.54, 1.807) is 30.3 Å². The Labute approximate surface area is 166 Å². The summed E-state index contributed by atoms with van der Waals surface area (Å²) in [6, 6.07) is 11.5. The second-order valence-electron chi connectivity index (χ2n) is 5.80. The molecule has 0 saturated heterocycles. The van der Waals surface area contributed by atoms with Crippen LogP contribution >= 0.6 is 23.2 Å². The molecule has 2 rings (SSSR count). The molecule has 1 atom stereocenters. The lowest BCUT2D eigenvalue weighted by molar-refractivity contribution is -0.152. The summed E-state index contributed by atoms with van der Waals surface area (Å²) < 4.78 is 5.02. The second kappa shape index (κ2) is 9.39. The van der Waals surface area contributed by atoms with Gasteiger partial charge < -0.3 is 15.4 Å². The highest BCUT2D eigenvalue weighted by Gasteiger charge is 2.19. The van der Waals surface area contributed by atoms with Gasteiger partial charge in [-0.3, -0.25) is 14.4 Å². The zero-order valence-corrected chi connectivity index (χ0v) is 16.2. The number of anilines is 1. The molecule has 0 aromatic heterocycles. The van der Waals surface area contributed by atoms with Crippen molar-refractivity contribution in [3.05, 3.63) is 63.6 Å². The topological polar surface area (TPSA) is 84.5 Å². The number of ether oxygens (including phenoxy) is 1.